The molecule has 2 rings (SSSR count). The zero-order valence-corrected chi connectivity index (χ0v) is 11.3. The summed E-state index contributed by atoms with van der Waals surface area (Å²) >= 11 is 0. The van der Waals surface area contributed by atoms with E-state index >= 15 is 0 Å². The minimum Gasteiger partial charge on any atom is -0.395 e. The van der Waals surface area contributed by atoms with Crippen molar-refractivity contribution in [2.45, 2.75) is 43.7 Å². The molecule has 1 aliphatic carbocycles. The molecule has 102 valence electrons. The molecule has 1 saturated carbocycles. The second-order valence-electron chi connectivity index (χ2n) is 4.61. The van der Waals surface area contributed by atoms with Crippen molar-refractivity contribution in [3.63, 3.8) is 0 Å². The number of nitrogens with zero attached hydrogens (tertiary/aromatic N) is 2. The van der Waals surface area contributed by atoms with Gasteiger partial charge in [-0.1, -0.05) is 12.8 Å². The maximum atomic E-state index is 12.5. The van der Waals surface area contributed by atoms with Gasteiger partial charge in [0.15, 0.2) is 5.03 Å². The Balaban J connectivity index is 2.28. The van der Waals surface area contributed by atoms with E-state index in [0.717, 1.165) is 25.7 Å². The van der Waals surface area contributed by atoms with Crippen LogP contribution in [-0.4, -0.2) is 47.0 Å². The van der Waals surface area contributed by atoms with Gasteiger partial charge in [0, 0.05) is 12.6 Å². The highest BCUT2D eigenvalue weighted by molar-refractivity contribution is 7.89. The van der Waals surface area contributed by atoms with Gasteiger partial charge in [-0.15, -0.1) is 0 Å². The van der Waals surface area contributed by atoms with Gasteiger partial charge in [0.2, 0.25) is 0 Å². The monoisotopic (exact) mass is 273 g/mol. The van der Waals surface area contributed by atoms with Crippen LogP contribution in [0.15, 0.2) is 11.2 Å². The first-order valence-corrected chi connectivity index (χ1v) is 7.64. The zero-order valence-electron chi connectivity index (χ0n) is 10.5. The van der Waals surface area contributed by atoms with Crippen LogP contribution in [0.2, 0.25) is 0 Å². The average molecular weight is 273 g/mol. The average Bonchev–Trinajstić information content (AvgIpc) is 2.96. The van der Waals surface area contributed by atoms with Gasteiger partial charge in [0.25, 0.3) is 10.0 Å². The molecule has 7 heteroatoms. The fourth-order valence-corrected chi connectivity index (χ4v) is 4.09. The van der Waals surface area contributed by atoms with Gasteiger partial charge in [-0.3, -0.25) is 0 Å². The van der Waals surface area contributed by atoms with Crippen LogP contribution in [0.25, 0.3) is 0 Å². The zero-order chi connectivity index (χ0) is 13.2. The third-order valence-electron chi connectivity index (χ3n) is 3.32. The van der Waals surface area contributed by atoms with E-state index in [4.69, 9.17) is 5.11 Å². The number of aliphatic hydroxyl groups is 1. The van der Waals surface area contributed by atoms with Crippen molar-refractivity contribution < 1.29 is 13.5 Å². The van der Waals surface area contributed by atoms with Gasteiger partial charge < -0.3 is 10.1 Å². The Morgan fingerprint density at radius 1 is 1.50 bits per heavy atom. The molecule has 1 fully saturated rings. The normalized spacial score (nSPS) is 17.7. The Morgan fingerprint density at radius 3 is 2.67 bits per heavy atom. The Bertz CT molecular complexity index is 491. The molecule has 0 radical (unpaired) electrons. The van der Waals surface area contributed by atoms with Crippen molar-refractivity contribution in [2.24, 2.45) is 0 Å². The van der Waals surface area contributed by atoms with Crippen LogP contribution < -0.4 is 0 Å². The van der Waals surface area contributed by atoms with Crippen molar-refractivity contribution in [3.05, 3.63) is 12.0 Å². The molecule has 0 aromatic carbocycles. The van der Waals surface area contributed by atoms with Gasteiger partial charge in [-0.05, 0) is 19.8 Å². The van der Waals surface area contributed by atoms with Crippen molar-refractivity contribution in [2.75, 3.05) is 13.2 Å². The molecule has 1 aromatic rings. The smallest absolute Gasteiger partial charge is 0.260 e. The molecular formula is C11H19N3O3S. The third-order valence-corrected chi connectivity index (χ3v) is 5.18. The molecule has 0 bridgehead atoms. The first kappa shape index (κ1) is 13.5. The highest BCUT2D eigenvalue weighted by atomic mass is 32.2. The van der Waals surface area contributed by atoms with Crippen molar-refractivity contribution in [3.8, 4) is 0 Å². The molecule has 2 N–H and O–H groups in total. The van der Waals surface area contributed by atoms with Crippen molar-refractivity contribution in [1.82, 2.24) is 14.3 Å². The molecule has 0 amide bonds. The molecule has 6 nitrogen and oxygen atoms in total. The first-order valence-electron chi connectivity index (χ1n) is 6.20. The highest BCUT2D eigenvalue weighted by Crippen LogP contribution is 2.27. The van der Waals surface area contributed by atoms with E-state index in [0.29, 0.717) is 5.82 Å². The SMILES string of the molecule is Cc1ncc(S(=O)(=O)N(CCO)C2CCCC2)[nH]1. The minimum absolute atomic E-state index is 0.00533. The standard InChI is InChI=1S/C11H19N3O3S/c1-9-12-8-11(13-9)18(16,17)14(6-7-15)10-4-2-3-5-10/h8,10,15H,2-7H2,1H3,(H,12,13). The largest absolute Gasteiger partial charge is 0.395 e. The van der Waals surface area contributed by atoms with E-state index in [-0.39, 0.29) is 24.2 Å². The number of imidazole rings is 1. The second-order valence-corrected chi connectivity index (χ2v) is 6.47. The van der Waals surface area contributed by atoms with Gasteiger partial charge in [-0.2, -0.15) is 4.31 Å². The number of hydrogen-bond donors (Lipinski definition) is 2. The van der Waals surface area contributed by atoms with Crippen LogP contribution >= 0.6 is 0 Å². The number of H-pyrrole nitrogens is 1. The summed E-state index contributed by atoms with van der Waals surface area (Å²) in [6, 6.07) is 0.00533. The Morgan fingerprint density at radius 2 is 2.17 bits per heavy atom. The van der Waals surface area contributed by atoms with Crippen LogP contribution in [0.1, 0.15) is 31.5 Å². The van der Waals surface area contributed by atoms with Gasteiger partial charge in [0.05, 0.1) is 12.8 Å². The number of nitrogens with one attached hydrogen (secondary N) is 1. The van der Waals surface area contributed by atoms with E-state index in [1.807, 2.05) is 0 Å². The lowest BCUT2D eigenvalue weighted by molar-refractivity contribution is 0.226. The lowest BCUT2D eigenvalue weighted by Crippen LogP contribution is -2.40. The number of rotatable bonds is 5. The molecule has 1 heterocycles. The molecule has 0 aliphatic heterocycles. The topological polar surface area (TPSA) is 86.3 Å². The lowest BCUT2D eigenvalue weighted by Gasteiger charge is -2.26. The molecule has 0 unspecified atom stereocenters. The summed E-state index contributed by atoms with van der Waals surface area (Å²) in [5.41, 5.74) is 0. The molecular weight excluding hydrogens is 254 g/mol. The summed E-state index contributed by atoms with van der Waals surface area (Å²) in [5, 5.41) is 9.19. The summed E-state index contributed by atoms with van der Waals surface area (Å²) in [7, 11) is -3.57. The van der Waals surface area contributed by atoms with Crippen molar-refractivity contribution in [1.29, 1.82) is 0 Å². The molecule has 0 saturated heterocycles. The van der Waals surface area contributed by atoms with Crippen LogP contribution in [-0.2, 0) is 10.0 Å². The quantitative estimate of drug-likeness (QED) is 0.824. The summed E-state index contributed by atoms with van der Waals surface area (Å²) in [5.74, 6) is 0.573. The number of aromatic nitrogens is 2. The maximum Gasteiger partial charge on any atom is 0.260 e. The van der Waals surface area contributed by atoms with E-state index in [2.05, 4.69) is 9.97 Å². The van der Waals surface area contributed by atoms with Gasteiger partial charge >= 0.3 is 0 Å². The third kappa shape index (κ3) is 2.57. The number of aryl methyl sites for hydroxylation is 1. The molecule has 1 aliphatic rings. The number of aliphatic hydroxyl groups excluding tert-OH is 1. The highest BCUT2D eigenvalue weighted by Gasteiger charge is 2.33. The summed E-state index contributed by atoms with van der Waals surface area (Å²) in [6.07, 6.45) is 5.16. The Hall–Kier alpha value is -0.920. The van der Waals surface area contributed by atoms with E-state index in [1.165, 1.54) is 10.5 Å². The molecule has 0 spiro atoms. The maximum absolute atomic E-state index is 12.5. The predicted octanol–water partition coefficient (Wildman–Crippen LogP) is 0.644. The predicted molar refractivity (Wildman–Crippen MR) is 66.6 cm³/mol. The minimum atomic E-state index is -3.57. The van der Waals surface area contributed by atoms with Crippen LogP contribution in [0, 0.1) is 6.92 Å². The number of aromatic amines is 1. The summed E-state index contributed by atoms with van der Waals surface area (Å²) in [4.78, 5) is 6.68. The van der Waals surface area contributed by atoms with Crippen LogP contribution in [0.5, 0.6) is 0 Å². The first-order chi connectivity index (χ1) is 8.55. The van der Waals surface area contributed by atoms with E-state index in [9.17, 15) is 8.42 Å². The molecule has 1 aromatic heterocycles. The van der Waals surface area contributed by atoms with Gasteiger partial charge in [-0.25, -0.2) is 13.4 Å². The summed E-state index contributed by atoms with van der Waals surface area (Å²) in [6.45, 7) is 1.69. The Kier molecular flexibility index (Phi) is 4.04. The number of sulfonamides is 1. The van der Waals surface area contributed by atoms with Crippen molar-refractivity contribution >= 4 is 10.0 Å². The lowest BCUT2D eigenvalue weighted by atomic mass is 10.2. The fourth-order valence-electron chi connectivity index (χ4n) is 2.45. The number of hydrogen-bond acceptors (Lipinski definition) is 4. The molecule has 0 atom stereocenters. The second kappa shape index (κ2) is 5.38. The van der Waals surface area contributed by atoms with Crippen LogP contribution in [0.3, 0.4) is 0 Å². The van der Waals surface area contributed by atoms with Crippen LogP contribution in [0.4, 0.5) is 0 Å². The van der Waals surface area contributed by atoms with E-state index < -0.39 is 10.0 Å². The van der Waals surface area contributed by atoms with E-state index in [1.54, 1.807) is 6.92 Å². The van der Waals surface area contributed by atoms with Gasteiger partial charge in [0.1, 0.15) is 5.82 Å². The Labute approximate surface area is 107 Å². The summed E-state index contributed by atoms with van der Waals surface area (Å²) < 4.78 is 26.3. The molecule has 18 heavy (non-hydrogen) atoms. The fraction of sp³-hybridized carbons (Fsp3) is 0.727.